The van der Waals surface area contributed by atoms with Gasteiger partial charge in [-0.1, -0.05) is 19.1 Å². The molecule has 0 N–H and O–H groups in total. The van der Waals surface area contributed by atoms with Gasteiger partial charge in [0, 0.05) is 17.8 Å². The molecule has 0 bridgehead atoms. The number of nitrogens with zero attached hydrogens (tertiary/aromatic N) is 2. The maximum absolute atomic E-state index is 11.2. The average molecular weight is 258 g/mol. The molecule has 0 aliphatic heterocycles. The van der Waals surface area contributed by atoms with Crippen LogP contribution in [0.25, 0.3) is 11.3 Å². The van der Waals surface area contributed by atoms with Crippen LogP contribution in [0, 0.1) is 0 Å². The molecule has 0 aliphatic carbocycles. The molecule has 0 radical (unpaired) electrons. The molecule has 0 aliphatic rings. The summed E-state index contributed by atoms with van der Waals surface area (Å²) in [6, 6.07) is 7.86. The summed E-state index contributed by atoms with van der Waals surface area (Å²) in [6.45, 7) is 4.18. The molecule has 1 aromatic carbocycles. The Hall–Kier alpha value is -2.10. The first-order chi connectivity index (χ1) is 9.19. The summed E-state index contributed by atoms with van der Waals surface area (Å²) in [5.41, 5.74) is 2.20. The highest BCUT2D eigenvalue weighted by molar-refractivity contribution is 5.85. The Bertz CT molecular complexity index is 575. The Morgan fingerprint density at radius 2 is 2.26 bits per heavy atom. The van der Waals surface area contributed by atoms with Crippen LogP contribution in [0.15, 0.2) is 30.5 Å². The van der Waals surface area contributed by atoms with E-state index in [0.29, 0.717) is 11.3 Å². The van der Waals surface area contributed by atoms with Gasteiger partial charge in [-0.25, -0.2) is 0 Å². The highest BCUT2D eigenvalue weighted by atomic mass is 16.5. The molecule has 0 amide bonds. The van der Waals surface area contributed by atoms with Crippen molar-refractivity contribution in [1.29, 1.82) is 0 Å². The Labute approximate surface area is 113 Å². The Balaban J connectivity index is 2.48. The molecule has 100 valence electrons. The lowest BCUT2D eigenvalue weighted by Crippen LogP contribution is -2.04. The summed E-state index contributed by atoms with van der Waals surface area (Å²) in [5.74, 6) is 0.757. The molecule has 4 nitrogen and oxygen atoms in total. The zero-order chi connectivity index (χ0) is 13.8. The topological polar surface area (TPSA) is 44.1 Å². The van der Waals surface area contributed by atoms with E-state index in [4.69, 9.17) is 4.74 Å². The molecule has 4 heteroatoms. The number of ether oxygens (including phenoxy) is 1. The molecule has 1 unspecified atom stereocenters. The van der Waals surface area contributed by atoms with Crippen LogP contribution in [-0.4, -0.2) is 23.2 Å². The van der Waals surface area contributed by atoms with Crippen LogP contribution in [0.2, 0.25) is 0 Å². The monoisotopic (exact) mass is 258 g/mol. The number of rotatable bonds is 5. The van der Waals surface area contributed by atoms with E-state index < -0.39 is 0 Å². The predicted molar refractivity (Wildman–Crippen MR) is 74.6 cm³/mol. The maximum Gasteiger partial charge on any atom is 0.153 e. The molecule has 19 heavy (non-hydrogen) atoms. The van der Waals surface area contributed by atoms with Crippen LogP contribution >= 0.6 is 0 Å². The lowest BCUT2D eigenvalue weighted by Gasteiger charge is -2.08. The minimum absolute atomic E-state index is 0.276. The van der Waals surface area contributed by atoms with Gasteiger partial charge in [0.15, 0.2) is 6.29 Å². The number of carbonyl (C=O) groups excluding carboxylic acids is 1. The largest absolute Gasteiger partial charge is 0.497 e. The highest BCUT2D eigenvalue weighted by Crippen LogP contribution is 2.26. The minimum Gasteiger partial charge on any atom is -0.497 e. The van der Waals surface area contributed by atoms with Crippen molar-refractivity contribution < 1.29 is 9.53 Å². The van der Waals surface area contributed by atoms with Crippen molar-refractivity contribution in [3.05, 3.63) is 36.0 Å². The van der Waals surface area contributed by atoms with E-state index in [1.165, 1.54) is 0 Å². The first-order valence-corrected chi connectivity index (χ1v) is 6.38. The van der Waals surface area contributed by atoms with Gasteiger partial charge in [0.05, 0.1) is 12.7 Å². The number of methoxy groups -OCH3 is 1. The van der Waals surface area contributed by atoms with Crippen molar-refractivity contribution in [3.63, 3.8) is 0 Å². The molecular formula is C15H18N2O2. The van der Waals surface area contributed by atoms with Crippen molar-refractivity contribution in [3.8, 4) is 17.0 Å². The fraction of sp³-hybridized carbons (Fsp3) is 0.333. The van der Waals surface area contributed by atoms with E-state index >= 15 is 0 Å². The summed E-state index contributed by atoms with van der Waals surface area (Å²) in [4.78, 5) is 11.2. The number of aromatic nitrogens is 2. The van der Waals surface area contributed by atoms with E-state index in [-0.39, 0.29) is 6.04 Å². The molecule has 2 aromatic rings. The standard InChI is InChI=1S/C15H18N2O2/c1-4-11(2)17-9-13(10-18)15(16-17)12-6-5-7-14(8-12)19-3/h5-11H,4H2,1-3H3. The normalized spacial score (nSPS) is 12.2. The van der Waals surface area contributed by atoms with Crippen LogP contribution in [-0.2, 0) is 0 Å². The second kappa shape index (κ2) is 5.69. The summed E-state index contributed by atoms with van der Waals surface area (Å²) < 4.78 is 7.05. The second-order valence-electron chi connectivity index (χ2n) is 4.52. The number of hydrogen-bond donors (Lipinski definition) is 0. The summed E-state index contributed by atoms with van der Waals surface area (Å²) >= 11 is 0. The van der Waals surface area contributed by atoms with Crippen molar-refractivity contribution in [2.75, 3.05) is 7.11 Å². The van der Waals surface area contributed by atoms with Gasteiger partial charge in [-0.05, 0) is 25.5 Å². The second-order valence-corrected chi connectivity index (χ2v) is 4.52. The molecule has 0 spiro atoms. The molecule has 1 aromatic heterocycles. The molecule has 0 fully saturated rings. The van der Waals surface area contributed by atoms with Gasteiger partial charge in [0.2, 0.25) is 0 Å². The van der Waals surface area contributed by atoms with Crippen LogP contribution in [0.5, 0.6) is 5.75 Å². The quantitative estimate of drug-likeness (QED) is 0.772. The van der Waals surface area contributed by atoms with Gasteiger partial charge in [-0.15, -0.1) is 0 Å². The Kier molecular flexibility index (Phi) is 4.00. The molecule has 1 atom stereocenters. The molecular weight excluding hydrogens is 240 g/mol. The average Bonchev–Trinajstić information content (AvgIpc) is 2.90. The van der Waals surface area contributed by atoms with E-state index in [1.54, 1.807) is 13.3 Å². The van der Waals surface area contributed by atoms with Gasteiger partial charge in [0.1, 0.15) is 11.4 Å². The van der Waals surface area contributed by atoms with Crippen LogP contribution in [0.1, 0.15) is 36.7 Å². The first-order valence-electron chi connectivity index (χ1n) is 6.38. The predicted octanol–water partition coefficient (Wildman–Crippen LogP) is 3.34. The fourth-order valence-corrected chi connectivity index (χ4v) is 1.90. The van der Waals surface area contributed by atoms with Crippen molar-refractivity contribution in [2.24, 2.45) is 0 Å². The summed E-state index contributed by atoms with van der Waals surface area (Å²) in [5, 5.41) is 4.53. The van der Waals surface area contributed by atoms with Crippen molar-refractivity contribution >= 4 is 6.29 Å². The Morgan fingerprint density at radius 3 is 2.89 bits per heavy atom. The fourth-order valence-electron chi connectivity index (χ4n) is 1.90. The van der Waals surface area contributed by atoms with Crippen molar-refractivity contribution in [1.82, 2.24) is 9.78 Å². The molecule has 1 heterocycles. The van der Waals surface area contributed by atoms with E-state index in [9.17, 15) is 4.79 Å². The van der Waals surface area contributed by atoms with E-state index in [2.05, 4.69) is 18.9 Å². The smallest absolute Gasteiger partial charge is 0.153 e. The maximum atomic E-state index is 11.2. The molecule has 2 rings (SSSR count). The molecule has 0 saturated heterocycles. The third kappa shape index (κ3) is 2.67. The van der Waals surface area contributed by atoms with Crippen LogP contribution in [0.4, 0.5) is 0 Å². The molecule has 0 saturated carbocycles. The van der Waals surface area contributed by atoms with E-state index in [1.807, 2.05) is 28.9 Å². The zero-order valence-corrected chi connectivity index (χ0v) is 11.5. The number of aldehydes is 1. The highest BCUT2D eigenvalue weighted by Gasteiger charge is 2.13. The minimum atomic E-state index is 0.276. The van der Waals surface area contributed by atoms with E-state index in [0.717, 1.165) is 24.0 Å². The van der Waals surface area contributed by atoms with Gasteiger partial charge in [0.25, 0.3) is 0 Å². The van der Waals surface area contributed by atoms with Gasteiger partial charge in [-0.2, -0.15) is 5.10 Å². The number of benzene rings is 1. The van der Waals surface area contributed by atoms with Gasteiger partial charge >= 0.3 is 0 Å². The first kappa shape index (κ1) is 13.3. The third-order valence-corrected chi connectivity index (χ3v) is 3.27. The lowest BCUT2D eigenvalue weighted by molar-refractivity contribution is 0.112. The third-order valence-electron chi connectivity index (χ3n) is 3.27. The Morgan fingerprint density at radius 1 is 1.47 bits per heavy atom. The zero-order valence-electron chi connectivity index (χ0n) is 11.5. The number of carbonyl (C=O) groups is 1. The summed E-state index contributed by atoms with van der Waals surface area (Å²) in [6.07, 6.45) is 3.62. The lowest BCUT2D eigenvalue weighted by atomic mass is 10.1. The van der Waals surface area contributed by atoms with Gasteiger partial charge in [-0.3, -0.25) is 9.48 Å². The summed E-state index contributed by atoms with van der Waals surface area (Å²) in [7, 11) is 1.62. The SMILES string of the molecule is CCC(C)n1cc(C=O)c(-c2cccc(OC)c2)n1. The van der Waals surface area contributed by atoms with Gasteiger partial charge < -0.3 is 4.74 Å². The van der Waals surface area contributed by atoms with Crippen LogP contribution < -0.4 is 4.74 Å². The van der Waals surface area contributed by atoms with Crippen molar-refractivity contribution in [2.45, 2.75) is 26.3 Å². The number of hydrogen-bond acceptors (Lipinski definition) is 3. The van der Waals surface area contributed by atoms with Crippen LogP contribution in [0.3, 0.4) is 0 Å².